The SMILES string of the molecule is CC(CCl)CS(=O)(=O)N(C)Cc1cccc(C#N)c1. The third kappa shape index (κ3) is 4.83. The first-order valence-electron chi connectivity index (χ1n) is 5.88. The Morgan fingerprint density at radius 1 is 1.47 bits per heavy atom. The van der Waals surface area contributed by atoms with E-state index in [-0.39, 0.29) is 18.2 Å². The molecule has 6 heteroatoms. The fourth-order valence-corrected chi connectivity index (χ4v) is 3.30. The zero-order chi connectivity index (χ0) is 14.5. The van der Waals surface area contributed by atoms with Crippen molar-refractivity contribution in [1.82, 2.24) is 4.31 Å². The van der Waals surface area contributed by atoms with Gasteiger partial charge in [-0.3, -0.25) is 0 Å². The highest BCUT2D eigenvalue weighted by atomic mass is 35.5. The van der Waals surface area contributed by atoms with Gasteiger partial charge in [0.15, 0.2) is 0 Å². The van der Waals surface area contributed by atoms with Gasteiger partial charge in [0.05, 0.1) is 17.4 Å². The van der Waals surface area contributed by atoms with Gasteiger partial charge in [-0.2, -0.15) is 5.26 Å². The maximum Gasteiger partial charge on any atom is 0.214 e. The van der Waals surface area contributed by atoms with Gasteiger partial charge in [-0.15, -0.1) is 11.6 Å². The van der Waals surface area contributed by atoms with Gasteiger partial charge in [-0.25, -0.2) is 12.7 Å². The van der Waals surface area contributed by atoms with E-state index in [1.165, 1.54) is 11.4 Å². The van der Waals surface area contributed by atoms with E-state index >= 15 is 0 Å². The van der Waals surface area contributed by atoms with Crippen LogP contribution in [-0.2, 0) is 16.6 Å². The Morgan fingerprint density at radius 2 is 2.16 bits per heavy atom. The van der Waals surface area contributed by atoms with Crippen LogP contribution in [-0.4, -0.2) is 31.4 Å². The van der Waals surface area contributed by atoms with Crippen LogP contribution in [0.1, 0.15) is 18.1 Å². The fourth-order valence-electron chi connectivity index (χ4n) is 1.63. The van der Waals surface area contributed by atoms with Crippen molar-refractivity contribution >= 4 is 21.6 Å². The maximum absolute atomic E-state index is 12.1. The van der Waals surface area contributed by atoms with E-state index in [9.17, 15) is 8.42 Å². The smallest absolute Gasteiger partial charge is 0.212 e. The minimum Gasteiger partial charge on any atom is -0.212 e. The van der Waals surface area contributed by atoms with Crippen molar-refractivity contribution < 1.29 is 8.42 Å². The molecule has 0 aromatic heterocycles. The first-order valence-corrected chi connectivity index (χ1v) is 8.02. The number of halogens is 1. The van der Waals surface area contributed by atoms with Crippen LogP contribution in [0.5, 0.6) is 0 Å². The highest BCUT2D eigenvalue weighted by molar-refractivity contribution is 7.89. The lowest BCUT2D eigenvalue weighted by Crippen LogP contribution is -2.31. The lowest BCUT2D eigenvalue weighted by atomic mass is 10.1. The molecule has 0 heterocycles. The molecule has 1 atom stereocenters. The van der Waals surface area contributed by atoms with Crippen LogP contribution in [0.15, 0.2) is 24.3 Å². The molecule has 0 radical (unpaired) electrons. The van der Waals surface area contributed by atoms with Gasteiger partial charge in [-0.05, 0) is 23.6 Å². The normalized spacial score (nSPS) is 13.2. The molecule has 0 saturated carbocycles. The molecular weight excluding hydrogens is 284 g/mol. The standard InChI is InChI=1S/C13H17ClN2O2S/c1-11(7-14)10-19(17,18)16(2)9-13-5-3-4-12(6-13)8-15/h3-6,11H,7,9-10H2,1-2H3. The summed E-state index contributed by atoms with van der Waals surface area (Å²) in [6.07, 6.45) is 0. The van der Waals surface area contributed by atoms with E-state index in [2.05, 4.69) is 0 Å². The second kappa shape index (κ2) is 6.90. The predicted molar refractivity (Wildman–Crippen MR) is 76.3 cm³/mol. The molecule has 0 amide bonds. The summed E-state index contributed by atoms with van der Waals surface area (Å²) in [4.78, 5) is 0. The Bertz CT molecular complexity index is 566. The summed E-state index contributed by atoms with van der Waals surface area (Å²) in [5.74, 6) is 0.265. The maximum atomic E-state index is 12.1. The molecule has 4 nitrogen and oxygen atoms in total. The van der Waals surface area contributed by atoms with Gasteiger partial charge in [-0.1, -0.05) is 19.1 Å². The van der Waals surface area contributed by atoms with Gasteiger partial charge in [0.25, 0.3) is 0 Å². The third-order valence-electron chi connectivity index (χ3n) is 2.69. The number of benzene rings is 1. The zero-order valence-corrected chi connectivity index (χ0v) is 12.6. The number of alkyl halides is 1. The summed E-state index contributed by atoms with van der Waals surface area (Å²) in [5, 5.41) is 8.81. The summed E-state index contributed by atoms with van der Waals surface area (Å²) < 4.78 is 25.4. The van der Waals surface area contributed by atoms with Crippen LogP contribution < -0.4 is 0 Å². The number of sulfonamides is 1. The second-order valence-corrected chi connectivity index (χ2v) is 7.04. The minimum atomic E-state index is -3.32. The fraction of sp³-hybridized carbons (Fsp3) is 0.462. The van der Waals surface area contributed by atoms with Gasteiger partial charge >= 0.3 is 0 Å². The lowest BCUT2D eigenvalue weighted by molar-refractivity contribution is 0.460. The van der Waals surface area contributed by atoms with Crippen molar-refractivity contribution in [2.75, 3.05) is 18.7 Å². The number of hydrogen-bond acceptors (Lipinski definition) is 3. The Balaban J connectivity index is 2.78. The van der Waals surface area contributed by atoms with Crippen LogP contribution in [0.2, 0.25) is 0 Å². The molecule has 0 fully saturated rings. The van der Waals surface area contributed by atoms with Gasteiger partial charge in [0.2, 0.25) is 10.0 Å². The van der Waals surface area contributed by atoms with E-state index < -0.39 is 10.0 Å². The molecule has 0 saturated heterocycles. The molecule has 1 unspecified atom stereocenters. The molecule has 1 rings (SSSR count). The van der Waals surface area contributed by atoms with E-state index in [0.29, 0.717) is 11.4 Å². The van der Waals surface area contributed by atoms with Crippen LogP contribution >= 0.6 is 11.6 Å². The van der Waals surface area contributed by atoms with Gasteiger partial charge in [0.1, 0.15) is 0 Å². The van der Waals surface area contributed by atoms with E-state index in [1.807, 2.05) is 6.07 Å². The summed E-state index contributed by atoms with van der Waals surface area (Å²) in [7, 11) is -1.79. The highest BCUT2D eigenvalue weighted by Crippen LogP contribution is 2.12. The van der Waals surface area contributed by atoms with Crippen molar-refractivity contribution in [1.29, 1.82) is 5.26 Å². The molecule has 0 spiro atoms. The number of hydrogen-bond donors (Lipinski definition) is 0. The Labute approximate surface area is 119 Å². The summed E-state index contributed by atoms with van der Waals surface area (Å²) in [6, 6.07) is 8.96. The molecule has 0 aliphatic heterocycles. The molecule has 1 aromatic rings. The first kappa shape index (κ1) is 16.0. The zero-order valence-electron chi connectivity index (χ0n) is 11.0. The van der Waals surface area contributed by atoms with Crippen molar-refractivity contribution in [2.45, 2.75) is 13.5 Å². The monoisotopic (exact) mass is 300 g/mol. The number of nitriles is 1. The molecule has 0 aliphatic carbocycles. The topological polar surface area (TPSA) is 61.2 Å². The lowest BCUT2D eigenvalue weighted by Gasteiger charge is -2.19. The predicted octanol–water partition coefficient (Wildman–Crippen LogP) is 2.19. The van der Waals surface area contributed by atoms with Gasteiger partial charge in [0, 0.05) is 19.5 Å². The average molecular weight is 301 g/mol. The third-order valence-corrected chi connectivity index (χ3v) is 5.29. The number of nitrogens with zero attached hydrogens (tertiary/aromatic N) is 2. The highest BCUT2D eigenvalue weighted by Gasteiger charge is 2.21. The van der Waals surface area contributed by atoms with E-state index in [4.69, 9.17) is 16.9 Å². The first-order chi connectivity index (χ1) is 8.89. The molecule has 1 aromatic carbocycles. The van der Waals surface area contributed by atoms with Crippen LogP contribution in [0.25, 0.3) is 0 Å². The van der Waals surface area contributed by atoms with Crippen LogP contribution in [0.3, 0.4) is 0 Å². The van der Waals surface area contributed by atoms with Gasteiger partial charge < -0.3 is 0 Å². The van der Waals surface area contributed by atoms with Crippen molar-refractivity contribution in [2.24, 2.45) is 5.92 Å². The average Bonchev–Trinajstić information content (AvgIpc) is 2.38. The number of rotatable bonds is 6. The molecule has 0 aliphatic rings. The molecule has 0 N–H and O–H groups in total. The van der Waals surface area contributed by atoms with Crippen molar-refractivity contribution in [3.05, 3.63) is 35.4 Å². The van der Waals surface area contributed by atoms with E-state index in [0.717, 1.165) is 5.56 Å². The second-order valence-electron chi connectivity index (χ2n) is 4.61. The van der Waals surface area contributed by atoms with Crippen LogP contribution in [0.4, 0.5) is 0 Å². The summed E-state index contributed by atoms with van der Waals surface area (Å²) in [5.41, 5.74) is 1.32. The Hall–Kier alpha value is -1.09. The van der Waals surface area contributed by atoms with Crippen molar-refractivity contribution in [3.63, 3.8) is 0 Å². The summed E-state index contributed by atoms with van der Waals surface area (Å²) in [6.45, 7) is 2.06. The molecule has 104 valence electrons. The Morgan fingerprint density at radius 3 is 2.74 bits per heavy atom. The minimum absolute atomic E-state index is 0.0327. The van der Waals surface area contributed by atoms with Crippen molar-refractivity contribution in [3.8, 4) is 6.07 Å². The van der Waals surface area contributed by atoms with E-state index in [1.54, 1.807) is 31.2 Å². The quantitative estimate of drug-likeness (QED) is 0.757. The molecular formula is C13H17ClN2O2S. The molecule has 0 bridgehead atoms. The van der Waals surface area contributed by atoms with Crippen LogP contribution in [0, 0.1) is 17.2 Å². The largest absolute Gasteiger partial charge is 0.214 e. The molecule has 19 heavy (non-hydrogen) atoms. The summed E-state index contributed by atoms with van der Waals surface area (Å²) >= 11 is 5.64. The Kier molecular flexibility index (Phi) is 5.80.